The first-order valence-corrected chi connectivity index (χ1v) is 6.14. The van der Waals surface area contributed by atoms with Crippen molar-refractivity contribution >= 4 is 11.7 Å². The summed E-state index contributed by atoms with van der Waals surface area (Å²) in [5, 5.41) is 13.8. The molecule has 0 saturated heterocycles. The fourth-order valence-electron chi connectivity index (χ4n) is 1.48. The fraction of sp³-hybridized carbons (Fsp3) is 0.462. The summed E-state index contributed by atoms with van der Waals surface area (Å²) >= 11 is 0. The number of aliphatic hydroxyl groups is 1. The highest BCUT2D eigenvalue weighted by atomic mass is 19.4. The van der Waals surface area contributed by atoms with E-state index in [0.29, 0.717) is 11.3 Å². The van der Waals surface area contributed by atoms with Gasteiger partial charge in [-0.3, -0.25) is 0 Å². The number of aliphatic hydroxyl groups excluding tert-OH is 1. The smallest absolute Gasteiger partial charge is 0.389 e. The van der Waals surface area contributed by atoms with Crippen molar-refractivity contribution in [3.63, 3.8) is 0 Å². The van der Waals surface area contributed by atoms with Crippen LogP contribution in [0.3, 0.4) is 0 Å². The molecule has 1 aromatic rings. The van der Waals surface area contributed by atoms with Gasteiger partial charge in [0.25, 0.3) is 0 Å². The second kappa shape index (κ2) is 7.14. The summed E-state index contributed by atoms with van der Waals surface area (Å²) in [6.07, 6.45) is -5.12. The quantitative estimate of drug-likeness (QED) is 0.780. The molecule has 0 bridgehead atoms. The predicted molar refractivity (Wildman–Crippen MR) is 69.5 cm³/mol. The van der Waals surface area contributed by atoms with Crippen LogP contribution in [-0.4, -0.2) is 30.0 Å². The standard InChI is InChI=1S/C13H17F3N2O2/c1-9(8-19)17-12(20)18-11-4-2-10(3-5-11)6-7-13(14,15)16/h2-5,9,19H,6-8H2,1H3,(H2,17,18,20)/t9-/m0/s1. The Labute approximate surface area is 115 Å². The lowest BCUT2D eigenvalue weighted by Crippen LogP contribution is -2.38. The molecule has 20 heavy (non-hydrogen) atoms. The van der Waals surface area contributed by atoms with Crippen molar-refractivity contribution in [1.82, 2.24) is 5.32 Å². The Kier molecular flexibility index (Phi) is 5.82. The van der Waals surface area contributed by atoms with Crippen LogP contribution in [0.5, 0.6) is 0 Å². The number of hydrogen-bond donors (Lipinski definition) is 3. The number of urea groups is 1. The van der Waals surface area contributed by atoms with Crippen molar-refractivity contribution in [2.75, 3.05) is 11.9 Å². The van der Waals surface area contributed by atoms with Crippen molar-refractivity contribution < 1.29 is 23.1 Å². The van der Waals surface area contributed by atoms with Gasteiger partial charge < -0.3 is 15.7 Å². The second-order valence-corrected chi connectivity index (χ2v) is 4.49. The maximum Gasteiger partial charge on any atom is 0.389 e. The number of carbonyl (C=O) groups excluding carboxylic acids is 1. The molecule has 0 aliphatic heterocycles. The van der Waals surface area contributed by atoms with E-state index < -0.39 is 18.6 Å². The van der Waals surface area contributed by atoms with Gasteiger partial charge in [0.1, 0.15) is 0 Å². The summed E-state index contributed by atoms with van der Waals surface area (Å²) in [5.41, 5.74) is 1.03. The van der Waals surface area contributed by atoms with Crippen molar-refractivity contribution in [3.8, 4) is 0 Å². The van der Waals surface area contributed by atoms with Gasteiger partial charge in [-0.1, -0.05) is 12.1 Å². The number of rotatable bonds is 5. The number of halogens is 3. The number of hydrogen-bond acceptors (Lipinski definition) is 2. The number of amides is 2. The van der Waals surface area contributed by atoms with E-state index >= 15 is 0 Å². The molecule has 0 heterocycles. The highest BCUT2D eigenvalue weighted by Gasteiger charge is 2.26. The van der Waals surface area contributed by atoms with Crippen LogP contribution < -0.4 is 10.6 Å². The Morgan fingerprint density at radius 1 is 1.30 bits per heavy atom. The summed E-state index contributed by atoms with van der Waals surface area (Å²) in [6, 6.07) is 5.30. The van der Waals surface area contributed by atoms with Gasteiger partial charge in [0, 0.05) is 12.1 Å². The fourth-order valence-corrected chi connectivity index (χ4v) is 1.48. The van der Waals surface area contributed by atoms with Gasteiger partial charge in [-0.05, 0) is 31.0 Å². The monoisotopic (exact) mass is 290 g/mol. The molecular formula is C13H17F3N2O2. The van der Waals surface area contributed by atoms with E-state index in [1.54, 1.807) is 6.92 Å². The first kappa shape index (κ1) is 16.3. The minimum absolute atomic E-state index is 0.0858. The number of carbonyl (C=O) groups is 1. The van der Waals surface area contributed by atoms with Crippen molar-refractivity contribution in [2.45, 2.75) is 32.0 Å². The van der Waals surface area contributed by atoms with Crippen LogP contribution in [0.25, 0.3) is 0 Å². The lowest BCUT2D eigenvalue weighted by atomic mass is 10.1. The molecule has 1 rings (SSSR count). The molecule has 0 saturated carbocycles. The lowest BCUT2D eigenvalue weighted by Gasteiger charge is -2.12. The molecule has 0 fully saturated rings. The molecule has 1 aromatic carbocycles. The van der Waals surface area contributed by atoms with E-state index in [1.807, 2.05) is 0 Å². The molecule has 7 heteroatoms. The van der Waals surface area contributed by atoms with Crippen LogP contribution >= 0.6 is 0 Å². The van der Waals surface area contributed by atoms with Gasteiger partial charge in [0.2, 0.25) is 0 Å². The third-order valence-corrected chi connectivity index (χ3v) is 2.56. The Morgan fingerprint density at radius 2 is 1.90 bits per heavy atom. The van der Waals surface area contributed by atoms with Crippen LogP contribution in [0, 0.1) is 0 Å². The molecule has 0 unspecified atom stereocenters. The van der Waals surface area contributed by atoms with Crippen LogP contribution in [0.1, 0.15) is 18.9 Å². The number of alkyl halides is 3. The zero-order valence-electron chi connectivity index (χ0n) is 11.0. The van der Waals surface area contributed by atoms with Gasteiger partial charge >= 0.3 is 12.2 Å². The summed E-state index contributed by atoms with van der Waals surface area (Å²) < 4.78 is 36.2. The summed E-state index contributed by atoms with van der Waals surface area (Å²) in [4.78, 5) is 11.4. The highest BCUT2D eigenvalue weighted by Crippen LogP contribution is 2.22. The van der Waals surface area contributed by atoms with Gasteiger partial charge in [-0.25, -0.2) is 4.79 Å². The highest BCUT2D eigenvalue weighted by molar-refractivity contribution is 5.89. The molecule has 0 radical (unpaired) electrons. The van der Waals surface area contributed by atoms with Gasteiger partial charge in [-0.15, -0.1) is 0 Å². The van der Waals surface area contributed by atoms with E-state index in [2.05, 4.69) is 10.6 Å². The minimum Gasteiger partial charge on any atom is -0.394 e. The molecule has 3 N–H and O–H groups in total. The van der Waals surface area contributed by atoms with Crippen molar-refractivity contribution in [2.24, 2.45) is 0 Å². The van der Waals surface area contributed by atoms with Gasteiger partial charge in [-0.2, -0.15) is 13.2 Å². The van der Waals surface area contributed by atoms with Crippen LogP contribution in [-0.2, 0) is 6.42 Å². The first-order chi connectivity index (χ1) is 9.30. The topological polar surface area (TPSA) is 61.4 Å². The third-order valence-electron chi connectivity index (χ3n) is 2.56. The average molecular weight is 290 g/mol. The average Bonchev–Trinajstić information content (AvgIpc) is 2.36. The van der Waals surface area contributed by atoms with Crippen LogP contribution in [0.4, 0.5) is 23.7 Å². The maximum absolute atomic E-state index is 12.1. The Balaban J connectivity index is 2.48. The van der Waals surface area contributed by atoms with E-state index in [1.165, 1.54) is 24.3 Å². The molecule has 0 aliphatic rings. The largest absolute Gasteiger partial charge is 0.394 e. The van der Waals surface area contributed by atoms with Crippen LogP contribution in [0.15, 0.2) is 24.3 Å². The van der Waals surface area contributed by atoms with E-state index in [4.69, 9.17) is 5.11 Å². The maximum atomic E-state index is 12.1. The van der Waals surface area contributed by atoms with Crippen LogP contribution in [0.2, 0.25) is 0 Å². The second-order valence-electron chi connectivity index (χ2n) is 4.49. The Hall–Kier alpha value is -1.76. The summed E-state index contributed by atoms with van der Waals surface area (Å²) in [6.45, 7) is 1.46. The predicted octanol–water partition coefficient (Wildman–Crippen LogP) is 2.68. The summed E-state index contributed by atoms with van der Waals surface area (Å²) in [5.74, 6) is 0. The molecule has 0 spiro atoms. The Morgan fingerprint density at radius 3 is 2.40 bits per heavy atom. The first-order valence-electron chi connectivity index (χ1n) is 6.14. The van der Waals surface area contributed by atoms with Gasteiger partial charge in [0.15, 0.2) is 0 Å². The summed E-state index contributed by atoms with van der Waals surface area (Å²) in [7, 11) is 0. The molecule has 112 valence electrons. The lowest BCUT2D eigenvalue weighted by molar-refractivity contribution is -0.133. The number of anilines is 1. The van der Waals surface area contributed by atoms with Gasteiger partial charge in [0.05, 0.1) is 12.6 Å². The van der Waals surface area contributed by atoms with E-state index in [-0.39, 0.29) is 19.1 Å². The van der Waals surface area contributed by atoms with Crippen molar-refractivity contribution in [1.29, 1.82) is 0 Å². The number of aryl methyl sites for hydroxylation is 1. The normalized spacial score (nSPS) is 12.8. The molecule has 1 atom stereocenters. The molecule has 4 nitrogen and oxygen atoms in total. The van der Waals surface area contributed by atoms with E-state index in [9.17, 15) is 18.0 Å². The zero-order valence-corrected chi connectivity index (χ0v) is 11.0. The SMILES string of the molecule is C[C@@H](CO)NC(=O)Nc1ccc(CCC(F)(F)F)cc1. The third kappa shape index (κ3) is 6.42. The molecule has 2 amide bonds. The van der Waals surface area contributed by atoms with Crippen molar-refractivity contribution in [3.05, 3.63) is 29.8 Å². The number of nitrogens with one attached hydrogen (secondary N) is 2. The molecule has 0 aromatic heterocycles. The molecule has 0 aliphatic carbocycles. The minimum atomic E-state index is -4.17. The molecular weight excluding hydrogens is 273 g/mol. The zero-order chi connectivity index (χ0) is 15.2. The Bertz CT molecular complexity index is 432. The van der Waals surface area contributed by atoms with E-state index in [0.717, 1.165) is 0 Å². The number of benzene rings is 1.